The first-order valence-corrected chi connectivity index (χ1v) is 7.78. The fourth-order valence-corrected chi connectivity index (χ4v) is 2.74. The van der Waals surface area contributed by atoms with Crippen molar-refractivity contribution in [2.24, 2.45) is 0 Å². The maximum absolute atomic E-state index is 11.6. The Hall–Kier alpha value is -2.56. The third kappa shape index (κ3) is 2.86. The van der Waals surface area contributed by atoms with E-state index < -0.39 is 5.60 Å². The molecule has 1 N–H and O–H groups in total. The highest BCUT2D eigenvalue weighted by molar-refractivity contribution is 5.47. The van der Waals surface area contributed by atoms with Gasteiger partial charge in [0, 0.05) is 5.56 Å². The fraction of sp³-hybridized carbons (Fsp3) is 0.182. The van der Waals surface area contributed by atoms with Gasteiger partial charge in [0.25, 0.3) is 0 Å². The van der Waals surface area contributed by atoms with Crippen molar-refractivity contribution in [2.75, 3.05) is 0 Å². The molecule has 0 saturated heterocycles. The number of hydrogen-bond acceptors (Lipinski definition) is 1. The van der Waals surface area contributed by atoms with E-state index in [0.717, 1.165) is 16.7 Å². The molecule has 0 heterocycles. The summed E-state index contributed by atoms with van der Waals surface area (Å²) in [5.74, 6) is 0. The predicted molar refractivity (Wildman–Crippen MR) is 93.3 cm³/mol. The molecule has 0 aliphatic rings. The Morgan fingerprint density at radius 1 is 0.652 bits per heavy atom. The van der Waals surface area contributed by atoms with Crippen LogP contribution in [0.15, 0.2) is 60.7 Å². The van der Waals surface area contributed by atoms with E-state index in [0.29, 0.717) is 5.56 Å². The smallest absolute Gasteiger partial charge is 0.148 e. The first-order valence-electron chi connectivity index (χ1n) is 7.78. The molecule has 1 heteroatoms. The van der Waals surface area contributed by atoms with Crippen molar-refractivity contribution in [1.82, 2.24) is 0 Å². The third-order valence-corrected chi connectivity index (χ3v) is 4.22. The molecule has 0 bridgehead atoms. The fourth-order valence-electron chi connectivity index (χ4n) is 2.74. The quantitative estimate of drug-likeness (QED) is 0.755. The lowest BCUT2D eigenvalue weighted by Gasteiger charge is -2.29. The second-order valence-corrected chi connectivity index (χ2v) is 6.12. The van der Waals surface area contributed by atoms with Crippen LogP contribution in [0.5, 0.6) is 0 Å². The molecular weight excluding hydrogens is 280 g/mol. The van der Waals surface area contributed by atoms with Gasteiger partial charge in [0.05, 0.1) is 0 Å². The summed E-state index contributed by atoms with van der Waals surface area (Å²) in [5, 5.41) is 11.6. The van der Waals surface area contributed by atoms with Crippen LogP contribution in [0.25, 0.3) is 0 Å². The molecule has 0 fully saturated rings. The minimum absolute atomic E-state index is 0.704. The van der Waals surface area contributed by atoms with Gasteiger partial charge >= 0.3 is 0 Å². The van der Waals surface area contributed by atoms with Crippen LogP contribution in [0.4, 0.5) is 0 Å². The van der Waals surface area contributed by atoms with Gasteiger partial charge in [-0.25, -0.2) is 0 Å². The molecule has 0 aliphatic heterocycles. The lowest BCUT2D eigenvalue weighted by atomic mass is 9.80. The van der Waals surface area contributed by atoms with Crippen LogP contribution < -0.4 is 0 Å². The van der Waals surface area contributed by atoms with Crippen molar-refractivity contribution in [3.8, 4) is 0 Å². The van der Waals surface area contributed by atoms with Crippen LogP contribution in [0.3, 0.4) is 0 Å². The monoisotopic (exact) mass is 300 g/mol. The van der Waals surface area contributed by atoms with Crippen molar-refractivity contribution in [2.45, 2.75) is 26.4 Å². The molecule has 3 aromatic rings. The summed E-state index contributed by atoms with van der Waals surface area (Å²) in [6.07, 6.45) is 0. The Morgan fingerprint density at radius 2 is 1.13 bits per heavy atom. The number of aliphatic hydroxyl groups is 1. The summed E-state index contributed by atoms with van der Waals surface area (Å²) in [4.78, 5) is 0. The van der Waals surface area contributed by atoms with Crippen LogP contribution >= 0.6 is 0 Å². The third-order valence-electron chi connectivity index (χ3n) is 4.22. The minimum atomic E-state index is -1.23. The molecule has 114 valence electrons. The SMILES string of the molecule is Cc1c#cc(C(O)(c2ccc(C)cc2)c2ccc(C)cc2)cc1. The Labute approximate surface area is 138 Å². The van der Waals surface area contributed by atoms with Crippen molar-refractivity contribution in [3.05, 3.63) is 106 Å². The molecule has 3 rings (SSSR count). The summed E-state index contributed by atoms with van der Waals surface area (Å²) in [6, 6.07) is 26.1. The normalized spacial score (nSPS) is 11.1. The Kier molecular flexibility index (Phi) is 3.94. The van der Waals surface area contributed by atoms with Gasteiger partial charge in [0.15, 0.2) is 0 Å². The van der Waals surface area contributed by atoms with Gasteiger partial charge < -0.3 is 5.11 Å². The number of hydrogen-bond donors (Lipinski definition) is 1. The van der Waals surface area contributed by atoms with Crippen LogP contribution in [0, 0.1) is 32.9 Å². The highest BCUT2D eigenvalue weighted by atomic mass is 16.3. The molecule has 0 aromatic heterocycles. The topological polar surface area (TPSA) is 20.2 Å². The number of rotatable bonds is 3. The summed E-state index contributed by atoms with van der Waals surface area (Å²) in [5.41, 5.74) is 4.48. The van der Waals surface area contributed by atoms with Crippen molar-refractivity contribution >= 4 is 0 Å². The second-order valence-electron chi connectivity index (χ2n) is 6.12. The van der Waals surface area contributed by atoms with Crippen LogP contribution in [0.1, 0.15) is 33.4 Å². The average molecular weight is 300 g/mol. The van der Waals surface area contributed by atoms with Crippen LogP contribution in [0.2, 0.25) is 0 Å². The molecule has 0 radical (unpaired) electrons. The molecule has 0 unspecified atom stereocenters. The summed E-state index contributed by atoms with van der Waals surface area (Å²) < 4.78 is 0. The van der Waals surface area contributed by atoms with E-state index in [4.69, 9.17) is 0 Å². The lowest BCUT2D eigenvalue weighted by Crippen LogP contribution is -2.28. The molecule has 0 atom stereocenters. The van der Waals surface area contributed by atoms with Crippen LogP contribution in [-0.4, -0.2) is 5.11 Å². The van der Waals surface area contributed by atoms with Gasteiger partial charge in [-0.15, -0.1) is 0 Å². The van der Waals surface area contributed by atoms with Gasteiger partial charge in [-0.1, -0.05) is 71.8 Å². The zero-order chi connectivity index (χ0) is 16.4. The first-order chi connectivity index (χ1) is 11.0. The highest BCUT2D eigenvalue weighted by Gasteiger charge is 2.34. The summed E-state index contributed by atoms with van der Waals surface area (Å²) in [7, 11) is 0. The number of benzene rings is 2. The van der Waals surface area contributed by atoms with Crippen molar-refractivity contribution in [3.63, 3.8) is 0 Å². The maximum Gasteiger partial charge on any atom is 0.148 e. The van der Waals surface area contributed by atoms with Gasteiger partial charge in [-0.2, -0.15) is 0 Å². The van der Waals surface area contributed by atoms with E-state index in [1.54, 1.807) is 0 Å². The van der Waals surface area contributed by atoms with Gasteiger partial charge in [-0.05, 0) is 49.6 Å². The Balaban J connectivity index is 2.21. The molecule has 1 nitrogen and oxygen atoms in total. The zero-order valence-corrected chi connectivity index (χ0v) is 13.7. The van der Waals surface area contributed by atoms with Gasteiger partial charge in [0.2, 0.25) is 0 Å². The van der Waals surface area contributed by atoms with E-state index in [9.17, 15) is 5.11 Å². The molecular formula is C22H20O. The summed E-state index contributed by atoms with van der Waals surface area (Å²) in [6.45, 7) is 6.05. The first kappa shape index (κ1) is 15.3. The van der Waals surface area contributed by atoms with E-state index in [2.05, 4.69) is 12.1 Å². The van der Waals surface area contributed by atoms with E-state index >= 15 is 0 Å². The molecule has 0 saturated carbocycles. The van der Waals surface area contributed by atoms with Crippen molar-refractivity contribution < 1.29 is 5.11 Å². The molecule has 0 aliphatic carbocycles. The Bertz CT molecular complexity index is 670. The van der Waals surface area contributed by atoms with Crippen LogP contribution in [-0.2, 0) is 5.60 Å². The van der Waals surface area contributed by atoms with Crippen molar-refractivity contribution in [1.29, 1.82) is 0 Å². The molecule has 3 aromatic carbocycles. The largest absolute Gasteiger partial charge is 0.375 e. The highest BCUT2D eigenvalue weighted by Crippen LogP contribution is 2.36. The van der Waals surface area contributed by atoms with E-state index in [1.807, 2.05) is 81.4 Å². The lowest BCUT2D eigenvalue weighted by molar-refractivity contribution is 0.125. The maximum atomic E-state index is 11.6. The average Bonchev–Trinajstić information content (AvgIpc) is 2.56. The minimum Gasteiger partial charge on any atom is -0.375 e. The van der Waals surface area contributed by atoms with Gasteiger partial charge in [-0.3, -0.25) is 0 Å². The molecule has 0 amide bonds. The second kappa shape index (κ2) is 5.91. The standard InChI is InChI=1S/C22H20O/c1-16-4-10-19(11-5-16)22(23,20-12-6-17(2)7-13-20)21-14-8-18(3)9-15-21/h4-8,10-14,23H,1-3H3. The van der Waals surface area contributed by atoms with Gasteiger partial charge in [0.1, 0.15) is 5.60 Å². The predicted octanol–water partition coefficient (Wildman–Crippen LogP) is 4.50. The zero-order valence-electron chi connectivity index (χ0n) is 13.7. The number of aryl methyl sites for hydroxylation is 3. The van der Waals surface area contributed by atoms with E-state index in [-0.39, 0.29) is 0 Å². The molecule has 23 heavy (non-hydrogen) atoms. The van der Waals surface area contributed by atoms with E-state index in [1.165, 1.54) is 11.1 Å². The Morgan fingerprint density at radius 3 is 1.52 bits per heavy atom. The molecule has 0 spiro atoms. The summed E-state index contributed by atoms with van der Waals surface area (Å²) >= 11 is 0.